The van der Waals surface area contributed by atoms with Crippen molar-refractivity contribution in [2.45, 2.75) is 31.6 Å². The first-order valence-electron chi connectivity index (χ1n) is 14.8. The number of hydrogen-bond acceptors (Lipinski definition) is 7. The maximum absolute atomic E-state index is 13.3. The number of ether oxygens (including phenoxy) is 3. The molecule has 0 bridgehead atoms. The third-order valence-electron chi connectivity index (χ3n) is 7.54. The number of amides is 2. The minimum Gasteiger partial charge on any atom is -0.457 e. The van der Waals surface area contributed by atoms with E-state index in [2.05, 4.69) is 20.4 Å². The molecule has 0 saturated carbocycles. The highest BCUT2D eigenvalue weighted by Gasteiger charge is 2.26. The average Bonchev–Trinajstić information content (AvgIpc) is 3.53. The van der Waals surface area contributed by atoms with Crippen molar-refractivity contribution in [1.82, 2.24) is 15.1 Å². The molecule has 3 aromatic carbocycles. The number of nitrogens with one attached hydrogen (secondary N) is 2. The van der Waals surface area contributed by atoms with Crippen molar-refractivity contribution in [3.05, 3.63) is 90.2 Å². The summed E-state index contributed by atoms with van der Waals surface area (Å²) >= 11 is 0. The van der Waals surface area contributed by atoms with E-state index in [-0.39, 0.29) is 30.8 Å². The molecule has 0 radical (unpaired) electrons. The van der Waals surface area contributed by atoms with E-state index < -0.39 is 6.04 Å². The number of halogens is 1. The lowest BCUT2D eigenvalue weighted by Gasteiger charge is -2.35. The zero-order valence-electron chi connectivity index (χ0n) is 24.3. The predicted molar refractivity (Wildman–Crippen MR) is 161 cm³/mol. The molecule has 2 heterocycles. The summed E-state index contributed by atoms with van der Waals surface area (Å²) in [5, 5.41) is 5.75. The second kappa shape index (κ2) is 15.6. The predicted octanol–water partition coefficient (Wildman–Crippen LogP) is 4.05. The van der Waals surface area contributed by atoms with E-state index in [1.807, 2.05) is 30.3 Å². The van der Waals surface area contributed by atoms with Gasteiger partial charge in [-0.1, -0.05) is 30.3 Å². The van der Waals surface area contributed by atoms with E-state index in [1.165, 1.54) is 12.1 Å². The van der Waals surface area contributed by atoms with Crippen LogP contribution in [0.2, 0.25) is 0 Å². The molecule has 0 aliphatic carbocycles. The van der Waals surface area contributed by atoms with Crippen molar-refractivity contribution in [3.63, 3.8) is 0 Å². The molecule has 1 unspecified atom stereocenters. The van der Waals surface area contributed by atoms with Gasteiger partial charge in [0.05, 0.1) is 25.9 Å². The number of carbonyl (C=O) groups excluding carboxylic acids is 2. The van der Waals surface area contributed by atoms with Gasteiger partial charge < -0.3 is 24.8 Å². The molecule has 0 spiro atoms. The highest BCUT2D eigenvalue weighted by Crippen LogP contribution is 2.23. The van der Waals surface area contributed by atoms with Gasteiger partial charge in [-0.3, -0.25) is 19.4 Å². The molecular weight excluding hydrogens is 551 g/mol. The Morgan fingerprint density at radius 1 is 0.907 bits per heavy atom. The topological polar surface area (TPSA) is 92.4 Å². The molecule has 0 aromatic heterocycles. The summed E-state index contributed by atoms with van der Waals surface area (Å²) in [6, 6.07) is 21.3. The molecule has 2 N–H and O–H groups in total. The summed E-state index contributed by atoms with van der Waals surface area (Å²) in [7, 11) is 0. The molecule has 5 rings (SSSR count). The Kier molecular flexibility index (Phi) is 11.1. The molecule has 2 saturated heterocycles. The minimum absolute atomic E-state index is 0.0212. The molecular formula is C33H39FN4O5. The van der Waals surface area contributed by atoms with Crippen LogP contribution in [0.15, 0.2) is 78.9 Å². The summed E-state index contributed by atoms with van der Waals surface area (Å²) < 4.78 is 30.5. The number of anilines is 1. The maximum atomic E-state index is 13.3. The lowest BCUT2D eigenvalue weighted by Crippen LogP contribution is -2.53. The second-order valence-corrected chi connectivity index (χ2v) is 10.9. The van der Waals surface area contributed by atoms with E-state index in [0.29, 0.717) is 29.9 Å². The van der Waals surface area contributed by atoms with Crippen molar-refractivity contribution in [2.75, 3.05) is 57.8 Å². The Bertz CT molecular complexity index is 1300. The van der Waals surface area contributed by atoms with Crippen molar-refractivity contribution in [3.8, 4) is 11.5 Å². The van der Waals surface area contributed by atoms with E-state index >= 15 is 0 Å². The molecule has 2 aliphatic heterocycles. The van der Waals surface area contributed by atoms with Gasteiger partial charge in [0.2, 0.25) is 11.8 Å². The lowest BCUT2D eigenvalue weighted by molar-refractivity contribution is -0.129. The van der Waals surface area contributed by atoms with Gasteiger partial charge in [-0.15, -0.1) is 0 Å². The lowest BCUT2D eigenvalue weighted by atomic mass is 10.2. The van der Waals surface area contributed by atoms with Crippen LogP contribution in [0.1, 0.15) is 18.4 Å². The molecule has 228 valence electrons. The number of hydrogen-bond donors (Lipinski definition) is 2. The normalized spacial score (nSPS) is 18.2. The van der Waals surface area contributed by atoms with Gasteiger partial charge in [-0.05, 0) is 66.9 Å². The summed E-state index contributed by atoms with van der Waals surface area (Å²) in [6.45, 7) is 5.70. The van der Waals surface area contributed by atoms with Crippen LogP contribution >= 0.6 is 0 Å². The van der Waals surface area contributed by atoms with Crippen LogP contribution in [-0.2, 0) is 25.7 Å². The molecule has 2 amide bonds. The Balaban J connectivity index is 1.13. The molecule has 10 heteroatoms. The van der Waals surface area contributed by atoms with E-state index in [4.69, 9.17) is 14.2 Å². The molecule has 2 atom stereocenters. The Morgan fingerprint density at radius 3 is 2.26 bits per heavy atom. The summed E-state index contributed by atoms with van der Waals surface area (Å²) in [5.41, 5.74) is 1.52. The third-order valence-corrected chi connectivity index (χ3v) is 7.54. The number of nitrogens with zero attached hydrogens (tertiary/aromatic N) is 2. The molecule has 2 fully saturated rings. The first-order chi connectivity index (χ1) is 21.0. The molecule has 43 heavy (non-hydrogen) atoms. The zero-order chi connectivity index (χ0) is 29.9. The maximum Gasteiger partial charge on any atom is 0.249 e. The number of rotatable bonds is 13. The Hall–Kier alpha value is -3.83. The van der Waals surface area contributed by atoms with Gasteiger partial charge in [-0.2, -0.15) is 0 Å². The second-order valence-electron chi connectivity index (χ2n) is 10.9. The van der Waals surface area contributed by atoms with Crippen LogP contribution in [0.3, 0.4) is 0 Å². The zero-order valence-corrected chi connectivity index (χ0v) is 24.3. The van der Waals surface area contributed by atoms with Crippen molar-refractivity contribution in [1.29, 1.82) is 0 Å². The summed E-state index contributed by atoms with van der Waals surface area (Å²) in [6.07, 6.45) is 2.57. The van der Waals surface area contributed by atoms with Crippen LogP contribution in [0.25, 0.3) is 0 Å². The van der Waals surface area contributed by atoms with Crippen LogP contribution in [0, 0.1) is 5.82 Å². The largest absolute Gasteiger partial charge is 0.457 e. The summed E-state index contributed by atoms with van der Waals surface area (Å²) in [4.78, 5) is 30.9. The number of piperazine rings is 1. The minimum atomic E-state index is -0.882. The first kappa shape index (κ1) is 30.6. The highest BCUT2D eigenvalue weighted by molar-refractivity contribution is 5.97. The van der Waals surface area contributed by atoms with E-state index in [9.17, 15) is 14.0 Å². The standard InChI is InChI=1S/C33H39FN4O5/c34-26-8-12-28(13-9-26)43-29-14-10-27(11-15-29)35-33(40)31(24-41-23-25-5-2-1-3-6-25)36-32(39)22-38-18-16-37(17-19-38)21-30-7-4-20-42-30/h1-3,5-6,8-15,30-31H,4,7,16-24H2,(H,35,40)(H,36,39)/t30?,31-/m0/s1. The van der Waals surface area contributed by atoms with Crippen LogP contribution in [-0.4, -0.2) is 86.2 Å². The van der Waals surface area contributed by atoms with Gasteiger partial charge in [0.1, 0.15) is 23.4 Å². The first-order valence-corrected chi connectivity index (χ1v) is 14.8. The number of carbonyl (C=O) groups is 2. The van der Waals surface area contributed by atoms with Crippen molar-refractivity contribution >= 4 is 17.5 Å². The monoisotopic (exact) mass is 590 g/mol. The van der Waals surface area contributed by atoms with Crippen molar-refractivity contribution in [2.24, 2.45) is 0 Å². The van der Waals surface area contributed by atoms with E-state index in [0.717, 1.165) is 57.7 Å². The smallest absolute Gasteiger partial charge is 0.249 e. The van der Waals surface area contributed by atoms with Gasteiger partial charge in [-0.25, -0.2) is 4.39 Å². The van der Waals surface area contributed by atoms with Gasteiger partial charge in [0.15, 0.2) is 0 Å². The quantitative estimate of drug-likeness (QED) is 0.310. The third kappa shape index (κ3) is 9.86. The van der Waals surface area contributed by atoms with Gasteiger partial charge >= 0.3 is 0 Å². The van der Waals surface area contributed by atoms with E-state index in [1.54, 1.807) is 36.4 Å². The van der Waals surface area contributed by atoms with Gasteiger partial charge in [0, 0.05) is 45.0 Å². The van der Waals surface area contributed by atoms with Crippen molar-refractivity contribution < 1.29 is 28.2 Å². The van der Waals surface area contributed by atoms with Crippen LogP contribution in [0.5, 0.6) is 11.5 Å². The number of benzene rings is 3. The summed E-state index contributed by atoms with van der Waals surface area (Å²) in [5.74, 6) is 0.0961. The Morgan fingerprint density at radius 2 is 1.58 bits per heavy atom. The highest BCUT2D eigenvalue weighted by atomic mass is 19.1. The fraction of sp³-hybridized carbons (Fsp3) is 0.394. The van der Waals surface area contributed by atoms with Crippen LogP contribution < -0.4 is 15.4 Å². The van der Waals surface area contributed by atoms with Crippen LogP contribution in [0.4, 0.5) is 10.1 Å². The molecule has 9 nitrogen and oxygen atoms in total. The molecule has 3 aromatic rings. The SMILES string of the molecule is O=C(CN1CCN(CC2CCCO2)CC1)N[C@@H](COCc1ccccc1)C(=O)Nc1ccc(Oc2ccc(F)cc2)cc1. The Labute approximate surface area is 251 Å². The molecule has 2 aliphatic rings. The average molecular weight is 591 g/mol. The fourth-order valence-corrected chi connectivity index (χ4v) is 5.18. The van der Waals surface area contributed by atoms with Gasteiger partial charge in [0.25, 0.3) is 0 Å². The fourth-order valence-electron chi connectivity index (χ4n) is 5.18.